The molecule has 0 aromatic heterocycles. The zero-order chi connectivity index (χ0) is 16.5. The molecule has 2 atom stereocenters. The van der Waals surface area contributed by atoms with Crippen LogP contribution in [0.15, 0.2) is 30.3 Å². The third kappa shape index (κ3) is 5.67. The molecular formula is C16H20O6. The zero-order valence-electron chi connectivity index (χ0n) is 12.6. The van der Waals surface area contributed by atoms with Crippen molar-refractivity contribution in [2.24, 2.45) is 0 Å². The van der Waals surface area contributed by atoms with Gasteiger partial charge in [0.25, 0.3) is 0 Å². The summed E-state index contributed by atoms with van der Waals surface area (Å²) in [6.07, 6.45) is 0.135. The van der Waals surface area contributed by atoms with E-state index in [2.05, 4.69) is 4.74 Å². The van der Waals surface area contributed by atoms with E-state index in [1.54, 1.807) is 37.3 Å². The number of rotatable bonds is 7. The van der Waals surface area contributed by atoms with Gasteiger partial charge in [0, 0.05) is 6.08 Å². The fourth-order valence-electron chi connectivity index (χ4n) is 1.76. The lowest BCUT2D eigenvalue weighted by Crippen LogP contribution is -2.23. The summed E-state index contributed by atoms with van der Waals surface area (Å²) in [5.41, 5.74) is 1.20. The van der Waals surface area contributed by atoms with Crippen LogP contribution in [0, 0.1) is 0 Å². The van der Waals surface area contributed by atoms with Gasteiger partial charge in [-0.3, -0.25) is 4.79 Å². The van der Waals surface area contributed by atoms with Gasteiger partial charge < -0.3 is 19.7 Å². The highest BCUT2D eigenvalue weighted by molar-refractivity contribution is 5.86. The number of hydrogen-bond donors (Lipinski definition) is 2. The first-order valence-corrected chi connectivity index (χ1v) is 6.85. The molecule has 1 rings (SSSR count). The molecule has 0 saturated carbocycles. The van der Waals surface area contributed by atoms with Gasteiger partial charge in [0.05, 0.1) is 26.2 Å². The SMILES string of the molecule is CCOC(=O)CC(O)C(O)c1ccc(/C=C/C(=O)OC)cc1. The number of carbonyl (C=O) groups is 2. The standard InChI is InChI=1S/C16H20O6/c1-3-22-15(19)10-13(17)16(20)12-7-4-11(5-8-12)6-9-14(18)21-2/h4-9,13,16-17,20H,3,10H2,1-2H3/b9-6+. The minimum Gasteiger partial charge on any atom is -0.466 e. The van der Waals surface area contributed by atoms with Crippen LogP contribution in [-0.4, -0.2) is 42.0 Å². The van der Waals surface area contributed by atoms with Crippen molar-refractivity contribution in [1.29, 1.82) is 0 Å². The van der Waals surface area contributed by atoms with E-state index in [4.69, 9.17) is 4.74 Å². The fraction of sp³-hybridized carbons (Fsp3) is 0.375. The Balaban J connectivity index is 2.67. The second-order valence-electron chi connectivity index (χ2n) is 4.54. The summed E-state index contributed by atoms with van der Waals surface area (Å²) in [7, 11) is 1.29. The molecule has 22 heavy (non-hydrogen) atoms. The first-order chi connectivity index (χ1) is 10.5. The lowest BCUT2D eigenvalue weighted by molar-refractivity contribution is -0.147. The van der Waals surface area contributed by atoms with Crippen LogP contribution in [0.2, 0.25) is 0 Å². The molecule has 0 aliphatic heterocycles. The molecule has 0 fully saturated rings. The van der Waals surface area contributed by atoms with E-state index in [1.165, 1.54) is 13.2 Å². The van der Waals surface area contributed by atoms with Crippen LogP contribution >= 0.6 is 0 Å². The highest BCUT2D eigenvalue weighted by Crippen LogP contribution is 2.20. The van der Waals surface area contributed by atoms with Crippen molar-refractivity contribution in [3.05, 3.63) is 41.5 Å². The van der Waals surface area contributed by atoms with Crippen LogP contribution < -0.4 is 0 Å². The van der Waals surface area contributed by atoms with E-state index in [0.29, 0.717) is 5.56 Å². The Morgan fingerprint density at radius 1 is 1.23 bits per heavy atom. The Morgan fingerprint density at radius 2 is 1.86 bits per heavy atom. The second-order valence-corrected chi connectivity index (χ2v) is 4.54. The molecule has 1 aromatic carbocycles. The van der Waals surface area contributed by atoms with Gasteiger partial charge in [0.1, 0.15) is 6.10 Å². The van der Waals surface area contributed by atoms with Crippen LogP contribution in [0.1, 0.15) is 30.6 Å². The number of carbonyl (C=O) groups excluding carboxylic acids is 2. The Labute approximate surface area is 129 Å². The fourth-order valence-corrected chi connectivity index (χ4v) is 1.76. The molecule has 0 aliphatic carbocycles. The molecule has 0 heterocycles. The molecule has 6 heteroatoms. The maximum absolute atomic E-state index is 11.3. The minimum absolute atomic E-state index is 0.225. The summed E-state index contributed by atoms with van der Waals surface area (Å²) in [6, 6.07) is 6.57. The number of methoxy groups -OCH3 is 1. The van der Waals surface area contributed by atoms with Crippen LogP contribution in [-0.2, 0) is 19.1 Å². The Kier molecular flexibility index (Phi) is 7.28. The number of hydrogen-bond acceptors (Lipinski definition) is 6. The molecule has 0 amide bonds. The van der Waals surface area contributed by atoms with Gasteiger partial charge in [0.2, 0.25) is 0 Å². The molecule has 0 radical (unpaired) electrons. The van der Waals surface area contributed by atoms with Crippen molar-refractivity contribution >= 4 is 18.0 Å². The highest BCUT2D eigenvalue weighted by atomic mass is 16.5. The van der Waals surface area contributed by atoms with Crippen molar-refractivity contribution in [2.75, 3.05) is 13.7 Å². The van der Waals surface area contributed by atoms with Crippen molar-refractivity contribution in [1.82, 2.24) is 0 Å². The topological polar surface area (TPSA) is 93.1 Å². The van der Waals surface area contributed by atoms with E-state index in [9.17, 15) is 19.8 Å². The van der Waals surface area contributed by atoms with Crippen LogP contribution in [0.5, 0.6) is 0 Å². The normalized spacial score (nSPS) is 13.6. The average molecular weight is 308 g/mol. The lowest BCUT2D eigenvalue weighted by atomic mass is 10.0. The number of ether oxygens (including phenoxy) is 2. The van der Waals surface area contributed by atoms with E-state index in [0.717, 1.165) is 5.56 Å². The molecule has 2 unspecified atom stereocenters. The van der Waals surface area contributed by atoms with Crippen molar-refractivity contribution in [3.8, 4) is 0 Å². The summed E-state index contributed by atoms with van der Waals surface area (Å²) in [6.45, 7) is 1.89. The zero-order valence-corrected chi connectivity index (χ0v) is 12.6. The van der Waals surface area contributed by atoms with Crippen molar-refractivity contribution < 1.29 is 29.3 Å². The lowest BCUT2D eigenvalue weighted by Gasteiger charge is -2.17. The van der Waals surface area contributed by atoms with Gasteiger partial charge >= 0.3 is 11.9 Å². The Bertz CT molecular complexity index is 520. The largest absolute Gasteiger partial charge is 0.466 e. The molecule has 0 bridgehead atoms. The van der Waals surface area contributed by atoms with Gasteiger partial charge in [-0.25, -0.2) is 4.79 Å². The van der Waals surface area contributed by atoms with Gasteiger partial charge in [-0.15, -0.1) is 0 Å². The number of aliphatic hydroxyl groups excluding tert-OH is 2. The third-order valence-corrected chi connectivity index (χ3v) is 2.94. The van der Waals surface area contributed by atoms with E-state index < -0.39 is 24.1 Å². The smallest absolute Gasteiger partial charge is 0.330 e. The molecule has 0 aliphatic rings. The minimum atomic E-state index is -1.24. The number of benzene rings is 1. The maximum Gasteiger partial charge on any atom is 0.330 e. The molecule has 120 valence electrons. The Hall–Kier alpha value is -2.18. The first-order valence-electron chi connectivity index (χ1n) is 6.85. The highest BCUT2D eigenvalue weighted by Gasteiger charge is 2.21. The second kappa shape index (κ2) is 8.96. The van der Waals surface area contributed by atoms with Crippen molar-refractivity contribution in [2.45, 2.75) is 25.6 Å². The third-order valence-electron chi connectivity index (χ3n) is 2.94. The average Bonchev–Trinajstić information content (AvgIpc) is 2.52. The van der Waals surface area contributed by atoms with Gasteiger partial charge in [0.15, 0.2) is 0 Å². The van der Waals surface area contributed by atoms with Gasteiger partial charge in [-0.05, 0) is 24.1 Å². The van der Waals surface area contributed by atoms with E-state index >= 15 is 0 Å². The quantitative estimate of drug-likeness (QED) is 0.581. The molecular weight excluding hydrogens is 288 g/mol. The van der Waals surface area contributed by atoms with Crippen LogP contribution in [0.3, 0.4) is 0 Å². The first kappa shape index (κ1) is 17.9. The predicted octanol–water partition coefficient (Wildman–Crippen LogP) is 1.22. The monoisotopic (exact) mass is 308 g/mol. The molecule has 0 saturated heterocycles. The summed E-state index contributed by atoms with van der Waals surface area (Å²) in [5.74, 6) is -1.03. The summed E-state index contributed by atoms with van der Waals surface area (Å²) < 4.78 is 9.20. The number of esters is 2. The van der Waals surface area contributed by atoms with Crippen LogP contribution in [0.4, 0.5) is 0 Å². The van der Waals surface area contributed by atoms with Gasteiger partial charge in [-0.2, -0.15) is 0 Å². The Morgan fingerprint density at radius 3 is 2.41 bits per heavy atom. The summed E-state index contributed by atoms with van der Waals surface area (Å²) in [4.78, 5) is 22.3. The maximum atomic E-state index is 11.3. The predicted molar refractivity (Wildman–Crippen MR) is 79.7 cm³/mol. The van der Waals surface area contributed by atoms with E-state index in [1.807, 2.05) is 0 Å². The van der Waals surface area contributed by atoms with Gasteiger partial charge in [-0.1, -0.05) is 24.3 Å². The molecule has 1 aromatic rings. The van der Waals surface area contributed by atoms with E-state index in [-0.39, 0.29) is 13.0 Å². The summed E-state index contributed by atoms with van der Waals surface area (Å²) >= 11 is 0. The van der Waals surface area contributed by atoms with Crippen LogP contribution in [0.25, 0.3) is 6.08 Å². The van der Waals surface area contributed by atoms with Crippen molar-refractivity contribution in [3.63, 3.8) is 0 Å². The molecule has 0 spiro atoms. The summed E-state index contributed by atoms with van der Waals surface area (Å²) in [5, 5.41) is 19.8. The molecule has 6 nitrogen and oxygen atoms in total. The number of aliphatic hydroxyl groups is 2. The molecule has 2 N–H and O–H groups in total.